The molecule has 0 saturated carbocycles. The van der Waals surface area contributed by atoms with Crippen LogP contribution in [0.4, 0.5) is 0 Å². The van der Waals surface area contributed by atoms with Crippen molar-refractivity contribution in [2.24, 2.45) is 0 Å². The van der Waals surface area contributed by atoms with Crippen molar-refractivity contribution in [2.45, 2.75) is 19.8 Å². The van der Waals surface area contributed by atoms with E-state index in [1.807, 2.05) is 19.1 Å². The van der Waals surface area contributed by atoms with Crippen LogP contribution in [0, 0.1) is 0 Å². The largest absolute Gasteiger partial charge is 0.103 e. The van der Waals surface area contributed by atoms with E-state index >= 15 is 0 Å². The maximum absolute atomic E-state index is 3.96. The predicted molar refractivity (Wildman–Crippen MR) is 69.0 cm³/mol. The van der Waals surface area contributed by atoms with E-state index < -0.39 is 0 Å². The van der Waals surface area contributed by atoms with Crippen LogP contribution in [0.25, 0.3) is 5.57 Å². The van der Waals surface area contributed by atoms with Gasteiger partial charge in [-0.15, -0.1) is 13.2 Å². The Labute approximate surface area is 92.6 Å². The van der Waals surface area contributed by atoms with E-state index in [0.717, 1.165) is 18.4 Å². The Morgan fingerprint density at radius 2 is 1.73 bits per heavy atom. The highest BCUT2D eigenvalue weighted by molar-refractivity contribution is 5.62. The molecule has 0 unspecified atom stereocenters. The van der Waals surface area contributed by atoms with E-state index in [1.165, 1.54) is 16.7 Å². The molecule has 0 amide bonds. The lowest BCUT2D eigenvalue weighted by Crippen LogP contribution is -1.93. The molecule has 0 heteroatoms. The van der Waals surface area contributed by atoms with Gasteiger partial charge in [0.1, 0.15) is 0 Å². The lowest BCUT2D eigenvalue weighted by molar-refractivity contribution is 1.15. The minimum absolute atomic E-state index is 0.907. The second-order valence-electron chi connectivity index (χ2n) is 3.75. The minimum atomic E-state index is 0.907. The van der Waals surface area contributed by atoms with Crippen molar-refractivity contribution in [3.05, 3.63) is 66.8 Å². The molecule has 0 heterocycles. The van der Waals surface area contributed by atoms with Crippen molar-refractivity contribution in [3.63, 3.8) is 0 Å². The summed E-state index contributed by atoms with van der Waals surface area (Å²) in [6.07, 6.45) is 5.69. The molecular weight excluding hydrogens is 180 g/mol. The second-order valence-corrected chi connectivity index (χ2v) is 3.75. The summed E-state index contributed by atoms with van der Waals surface area (Å²) in [5.41, 5.74) is 4.96. The van der Waals surface area contributed by atoms with Crippen molar-refractivity contribution in [1.29, 1.82) is 0 Å². The molecule has 15 heavy (non-hydrogen) atoms. The Morgan fingerprint density at radius 3 is 2.27 bits per heavy atom. The third-order valence-corrected chi connectivity index (χ3v) is 2.43. The van der Waals surface area contributed by atoms with Gasteiger partial charge in [0, 0.05) is 0 Å². The zero-order chi connectivity index (χ0) is 11.3. The molecule has 78 valence electrons. The van der Waals surface area contributed by atoms with Gasteiger partial charge in [-0.2, -0.15) is 0 Å². The van der Waals surface area contributed by atoms with E-state index in [9.17, 15) is 0 Å². The van der Waals surface area contributed by atoms with E-state index in [-0.39, 0.29) is 0 Å². The number of hydrogen-bond acceptors (Lipinski definition) is 0. The summed E-state index contributed by atoms with van der Waals surface area (Å²) in [5, 5.41) is 0. The highest BCUT2D eigenvalue weighted by Gasteiger charge is 2.01. The van der Waals surface area contributed by atoms with Gasteiger partial charge >= 0.3 is 0 Å². The quantitative estimate of drug-likeness (QED) is 0.623. The fraction of sp³-hybridized carbons (Fsp3) is 0.200. The Morgan fingerprint density at radius 1 is 1.13 bits per heavy atom. The first kappa shape index (κ1) is 11.5. The second kappa shape index (κ2) is 5.35. The van der Waals surface area contributed by atoms with Crippen molar-refractivity contribution in [2.75, 3.05) is 0 Å². The summed E-state index contributed by atoms with van der Waals surface area (Å²) in [6, 6.07) is 6.47. The smallest absolute Gasteiger partial charge is 0.00971 e. The molecule has 1 aromatic rings. The highest BCUT2D eigenvalue weighted by atomic mass is 14.1. The molecule has 0 atom stereocenters. The average molecular weight is 198 g/mol. The van der Waals surface area contributed by atoms with Crippen molar-refractivity contribution in [1.82, 2.24) is 0 Å². The number of rotatable bonds is 5. The predicted octanol–water partition coefficient (Wildman–Crippen LogP) is 4.18. The molecule has 0 N–H and O–H groups in total. The molecule has 0 radical (unpaired) electrons. The molecule has 1 rings (SSSR count). The normalized spacial score (nSPS) is 9.67. The summed E-state index contributed by atoms with van der Waals surface area (Å²) in [4.78, 5) is 0. The lowest BCUT2D eigenvalue weighted by Gasteiger charge is -2.09. The first-order valence-electron chi connectivity index (χ1n) is 5.18. The van der Waals surface area contributed by atoms with Crippen molar-refractivity contribution < 1.29 is 0 Å². The Kier molecular flexibility index (Phi) is 4.11. The van der Waals surface area contributed by atoms with Gasteiger partial charge < -0.3 is 0 Å². The maximum Gasteiger partial charge on any atom is -0.00971 e. The molecule has 0 nitrogen and oxygen atoms in total. The third kappa shape index (κ3) is 2.95. The molecular formula is C15H18. The van der Waals surface area contributed by atoms with Gasteiger partial charge in [0.25, 0.3) is 0 Å². The van der Waals surface area contributed by atoms with E-state index in [1.54, 1.807) is 0 Å². The van der Waals surface area contributed by atoms with Crippen LogP contribution >= 0.6 is 0 Å². The lowest BCUT2D eigenvalue weighted by atomic mass is 9.97. The standard InChI is InChI=1S/C15H18/c1-5-7-13-9-10-14(12(3)4)11-15(13)8-6-2/h5-6,9-11H,1-3,7-8H2,4H3. The van der Waals surface area contributed by atoms with Crippen LogP contribution in [0.2, 0.25) is 0 Å². The summed E-state index contributed by atoms with van der Waals surface area (Å²) in [7, 11) is 0. The number of benzene rings is 1. The maximum atomic E-state index is 3.96. The van der Waals surface area contributed by atoms with Crippen LogP contribution in [0.5, 0.6) is 0 Å². The van der Waals surface area contributed by atoms with E-state index in [2.05, 4.69) is 37.9 Å². The zero-order valence-electron chi connectivity index (χ0n) is 9.42. The molecule has 0 spiro atoms. The molecule has 0 aliphatic carbocycles. The molecule has 0 fully saturated rings. The average Bonchev–Trinajstić information content (AvgIpc) is 2.21. The summed E-state index contributed by atoms with van der Waals surface area (Å²) in [6.45, 7) is 13.5. The molecule has 1 aromatic carbocycles. The zero-order valence-corrected chi connectivity index (χ0v) is 9.42. The van der Waals surface area contributed by atoms with E-state index in [4.69, 9.17) is 0 Å². The molecule has 0 aliphatic rings. The van der Waals surface area contributed by atoms with Crippen LogP contribution in [0.15, 0.2) is 50.1 Å². The topological polar surface area (TPSA) is 0 Å². The number of allylic oxidation sites excluding steroid dienone is 3. The van der Waals surface area contributed by atoms with E-state index in [0.29, 0.717) is 0 Å². The van der Waals surface area contributed by atoms with Crippen LogP contribution in [-0.4, -0.2) is 0 Å². The molecule has 0 aromatic heterocycles. The Balaban J connectivity index is 3.13. The number of hydrogen-bond donors (Lipinski definition) is 0. The van der Waals surface area contributed by atoms with Gasteiger partial charge in [0.05, 0.1) is 0 Å². The fourth-order valence-corrected chi connectivity index (χ4v) is 1.59. The van der Waals surface area contributed by atoms with Gasteiger partial charge in [-0.25, -0.2) is 0 Å². The monoisotopic (exact) mass is 198 g/mol. The third-order valence-electron chi connectivity index (χ3n) is 2.43. The summed E-state index contributed by atoms with van der Waals surface area (Å²) < 4.78 is 0. The summed E-state index contributed by atoms with van der Waals surface area (Å²) >= 11 is 0. The van der Waals surface area contributed by atoms with Gasteiger partial charge in [-0.3, -0.25) is 0 Å². The molecule has 0 bridgehead atoms. The van der Waals surface area contributed by atoms with Crippen molar-refractivity contribution >= 4 is 5.57 Å². The fourth-order valence-electron chi connectivity index (χ4n) is 1.59. The summed E-state index contributed by atoms with van der Waals surface area (Å²) in [5.74, 6) is 0. The first-order valence-corrected chi connectivity index (χ1v) is 5.18. The molecule has 0 aliphatic heterocycles. The van der Waals surface area contributed by atoms with Gasteiger partial charge in [-0.05, 0) is 36.5 Å². The van der Waals surface area contributed by atoms with Gasteiger partial charge in [-0.1, -0.05) is 42.5 Å². The van der Waals surface area contributed by atoms with Crippen LogP contribution in [-0.2, 0) is 12.8 Å². The van der Waals surface area contributed by atoms with Gasteiger partial charge in [0.15, 0.2) is 0 Å². The molecule has 0 saturated heterocycles. The Hall–Kier alpha value is -1.56. The SMILES string of the molecule is C=CCc1ccc(C(=C)C)cc1CC=C. The Bertz CT molecular complexity index is 383. The minimum Gasteiger partial charge on any atom is -0.103 e. The van der Waals surface area contributed by atoms with Crippen LogP contribution in [0.1, 0.15) is 23.6 Å². The highest BCUT2D eigenvalue weighted by Crippen LogP contribution is 2.19. The first-order chi connectivity index (χ1) is 7.19. The van der Waals surface area contributed by atoms with Crippen LogP contribution < -0.4 is 0 Å². The van der Waals surface area contributed by atoms with Gasteiger partial charge in [0.2, 0.25) is 0 Å². The van der Waals surface area contributed by atoms with Crippen molar-refractivity contribution in [3.8, 4) is 0 Å². The van der Waals surface area contributed by atoms with Crippen LogP contribution in [0.3, 0.4) is 0 Å².